The van der Waals surface area contributed by atoms with E-state index < -0.39 is 0 Å². The summed E-state index contributed by atoms with van der Waals surface area (Å²) < 4.78 is 5.32. The normalized spacial score (nSPS) is 14.8. The summed E-state index contributed by atoms with van der Waals surface area (Å²) in [6.07, 6.45) is 3.26. The molecule has 0 aliphatic carbocycles. The van der Waals surface area contributed by atoms with Crippen LogP contribution in [0, 0.1) is 0 Å². The molecule has 0 saturated carbocycles. The Morgan fingerprint density at radius 1 is 1.12 bits per heavy atom. The molecule has 0 atom stereocenters. The van der Waals surface area contributed by atoms with Gasteiger partial charge in [0.2, 0.25) is 0 Å². The molecule has 2 aromatic rings. The number of carbonyl (C=O) groups excluding carboxylic acids is 2. The van der Waals surface area contributed by atoms with Crippen molar-refractivity contribution in [1.82, 2.24) is 15.2 Å². The molecule has 0 unspecified atom stereocenters. The van der Waals surface area contributed by atoms with E-state index in [9.17, 15) is 9.59 Å². The molecule has 1 amide bonds. The van der Waals surface area contributed by atoms with Crippen molar-refractivity contribution in [1.29, 1.82) is 0 Å². The third-order valence-corrected chi connectivity index (χ3v) is 4.42. The number of carbonyl (C=O) groups is 2. The molecular formula is C20H23N3O3. The molecule has 0 radical (unpaired) electrons. The molecule has 6 nitrogen and oxygen atoms in total. The van der Waals surface area contributed by atoms with Crippen molar-refractivity contribution in [2.75, 3.05) is 39.4 Å². The summed E-state index contributed by atoms with van der Waals surface area (Å²) in [4.78, 5) is 30.4. The number of amides is 1. The van der Waals surface area contributed by atoms with Crippen LogP contribution in [0.15, 0.2) is 42.7 Å². The number of benzene rings is 1. The summed E-state index contributed by atoms with van der Waals surface area (Å²) in [5.41, 5.74) is 2.84. The molecule has 1 N–H and O–H groups in total. The van der Waals surface area contributed by atoms with Gasteiger partial charge >= 0.3 is 0 Å². The first kappa shape index (κ1) is 18.2. The Bertz CT molecular complexity index is 785. The van der Waals surface area contributed by atoms with Crippen molar-refractivity contribution in [2.45, 2.75) is 6.92 Å². The van der Waals surface area contributed by atoms with Crippen molar-refractivity contribution < 1.29 is 14.3 Å². The third-order valence-electron chi connectivity index (χ3n) is 4.42. The quantitative estimate of drug-likeness (QED) is 0.805. The van der Waals surface area contributed by atoms with E-state index in [1.54, 1.807) is 24.5 Å². The van der Waals surface area contributed by atoms with Crippen LogP contribution in [0.4, 0.5) is 0 Å². The summed E-state index contributed by atoms with van der Waals surface area (Å²) in [6, 6.07) is 9.14. The second kappa shape index (κ2) is 8.69. The Morgan fingerprint density at radius 3 is 2.65 bits per heavy atom. The largest absolute Gasteiger partial charge is 0.379 e. The van der Waals surface area contributed by atoms with Gasteiger partial charge in [0.15, 0.2) is 5.78 Å². The molecule has 1 aliphatic rings. The number of hydrogen-bond donors (Lipinski definition) is 1. The highest BCUT2D eigenvalue weighted by molar-refractivity contribution is 5.96. The fourth-order valence-electron chi connectivity index (χ4n) is 2.89. The first-order valence-electron chi connectivity index (χ1n) is 8.78. The Morgan fingerprint density at radius 2 is 1.88 bits per heavy atom. The van der Waals surface area contributed by atoms with Crippen LogP contribution in [0.5, 0.6) is 0 Å². The third kappa shape index (κ3) is 4.74. The minimum atomic E-state index is -0.143. The lowest BCUT2D eigenvalue weighted by Gasteiger charge is -2.26. The summed E-state index contributed by atoms with van der Waals surface area (Å²) in [5, 5.41) is 2.94. The number of nitrogens with one attached hydrogen (secondary N) is 1. The lowest BCUT2D eigenvalue weighted by Crippen LogP contribution is -2.41. The number of Topliss-reactive ketones (excluding diaryl/α,β-unsaturated/α-hetero) is 1. The van der Waals surface area contributed by atoms with E-state index in [1.165, 1.54) is 6.92 Å². The van der Waals surface area contributed by atoms with Gasteiger partial charge in [0, 0.05) is 49.7 Å². The Labute approximate surface area is 153 Å². The van der Waals surface area contributed by atoms with E-state index in [1.807, 2.05) is 18.2 Å². The second-order valence-electron chi connectivity index (χ2n) is 6.31. The van der Waals surface area contributed by atoms with Crippen molar-refractivity contribution in [3.63, 3.8) is 0 Å². The van der Waals surface area contributed by atoms with Crippen LogP contribution in [0.1, 0.15) is 27.6 Å². The van der Waals surface area contributed by atoms with Crippen molar-refractivity contribution >= 4 is 11.7 Å². The number of ketones is 1. The Kier molecular flexibility index (Phi) is 6.09. The molecular weight excluding hydrogens is 330 g/mol. The van der Waals surface area contributed by atoms with E-state index in [-0.39, 0.29) is 11.7 Å². The Balaban J connectivity index is 1.63. The van der Waals surface area contributed by atoms with E-state index in [2.05, 4.69) is 15.2 Å². The van der Waals surface area contributed by atoms with Gasteiger partial charge < -0.3 is 10.1 Å². The van der Waals surface area contributed by atoms with Crippen LogP contribution in [0.2, 0.25) is 0 Å². The first-order valence-corrected chi connectivity index (χ1v) is 8.78. The molecule has 3 rings (SSSR count). The topological polar surface area (TPSA) is 71.5 Å². The summed E-state index contributed by atoms with van der Waals surface area (Å²) in [5.74, 6) is -0.132. The van der Waals surface area contributed by atoms with Gasteiger partial charge in [-0.05, 0) is 24.6 Å². The van der Waals surface area contributed by atoms with Crippen molar-refractivity contribution in [2.24, 2.45) is 0 Å². The zero-order valence-corrected chi connectivity index (χ0v) is 14.9. The molecule has 1 saturated heterocycles. The molecule has 1 aromatic carbocycles. The number of pyridine rings is 1. The number of rotatable bonds is 6. The highest BCUT2D eigenvalue weighted by Crippen LogP contribution is 2.21. The van der Waals surface area contributed by atoms with Gasteiger partial charge in [-0.2, -0.15) is 0 Å². The summed E-state index contributed by atoms with van der Waals surface area (Å²) in [6.45, 7) is 6.23. The zero-order chi connectivity index (χ0) is 18.4. The fraction of sp³-hybridized carbons (Fsp3) is 0.350. The smallest absolute Gasteiger partial charge is 0.252 e. The molecule has 1 aliphatic heterocycles. The first-order chi connectivity index (χ1) is 12.6. The minimum absolute atomic E-state index is 0.0109. The summed E-state index contributed by atoms with van der Waals surface area (Å²) >= 11 is 0. The van der Waals surface area contributed by atoms with Crippen LogP contribution in [0.25, 0.3) is 11.1 Å². The van der Waals surface area contributed by atoms with Crippen molar-refractivity contribution in [3.8, 4) is 11.1 Å². The van der Waals surface area contributed by atoms with Gasteiger partial charge in [-0.3, -0.25) is 19.5 Å². The van der Waals surface area contributed by atoms with Gasteiger partial charge in [0.25, 0.3) is 5.91 Å². The van der Waals surface area contributed by atoms with Gasteiger partial charge in [-0.25, -0.2) is 0 Å². The van der Waals surface area contributed by atoms with E-state index in [0.717, 1.165) is 44.0 Å². The maximum atomic E-state index is 12.4. The second-order valence-corrected chi connectivity index (χ2v) is 6.31. The zero-order valence-electron chi connectivity index (χ0n) is 14.9. The predicted octanol–water partition coefficient (Wildman–Crippen LogP) is 2.01. The standard InChI is InChI=1S/C20H23N3O3/c1-15(24)16-3-2-4-17(11-16)18-12-19(14-21-13-18)20(25)22-5-6-23-7-9-26-10-8-23/h2-4,11-14H,5-10H2,1H3,(H,22,25). The SMILES string of the molecule is CC(=O)c1cccc(-c2cncc(C(=O)NCCN3CCOCC3)c2)c1. The van der Waals surface area contributed by atoms with E-state index in [4.69, 9.17) is 4.74 Å². The number of ether oxygens (including phenoxy) is 1. The van der Waals surface area contributed by atoms with Crippen LogP contribution in [0.3, 0.4) is 0 Å². The number of aromatic nitrogens is 1. The molecule has 2 heterocycles. The molecule has 1 fully saturated rings. The van der Waals surface area contributed by atoms with Gasteiger partial charge in [-0.1, -0.05) is 18.2 Å². The molecule has 0 spiro atoms. The molecule has 26 heavy (non-hydrogen) atoms. The van der Waals surface area contributed by atoms with Gasteiger partial charge in [0.05, 0.1) is 18.8 Å². The maximum absolute atomic E-state index is 12.4. The lowest BCUT2D eigenvalue weighted by atomic mass is 10.0. The fourth-order valence-corrected chi connectivity index (χ4v) is 2.89. The summed E-state index contributed by atoms with van der Waals surface area (Å²) in [7, 11) is 0. The molecule has 0 bridgehead atoms. The molecule has 136 valence electrons. The predicted molar refractivity (Wildman–Crippen MR) is 99.3 cm³/mol. The van der Waals surface area contributed by atoms with Gasteiger partial charge in [0.1, 0.15) is 0 Å². The van der Waals surface area contributed by atoms with Crippen LogP contribution in [-0.2, 0) is 4.74 Å². The highest BCUT2D eigenvalue weighted by Gasteiger charge is 2.12. The van der Waals surface area contributed by atoms with Crippen molar-refractivity contribution in [3.05, 3.63) is 53.9 Å². The van der Waals surface area contributed by atoms with Crippen LogP contribution >= 0.6 is 0 Å². The lowest BCUT2D eigenvalue weighted by molar-refractivity contribution is 0.0383. The Hall–Kier alpha value is -2.57. The van der Waals surface area contributed by atoms with Crippen LogP contribution in [-0.4, -0.2) is 61.0 Å². The van der Waals surface area contributed by atoms with E-state index in [0.29, 0.717) is 17.7 Å². The number of hydrogen-bond acceptors (Lipinski definition) is 5. The van der Waals surface area contributed by atoms with Crippen LogP contribution < -0.4 is 5.32 Å². The number of morpholine rings is 1. The highest BCUT2D eigenvalue weighted by atomic mass is 16.5. The monoisotopic (exact) mass is 353 g/mol. The molecule has 6 heteroatoms. The average Bonchev–Trinajstić information content (AvgIpc) is 2.69. The molecule has 1 aromatic heterocycles. The van der Waals surface area contributed by atoms with Gasteiger partial charge in [-0.15, -0.1) is 0 Å². The maximum Gasteiger partial charge on any atom is 0.252 e. The minimum Gasteiger partial charge on any atom is -0.379 e. The number of nitrogens with zero attached hydrogens (tertiary/aromatic N) is 2. The van der Waals surface area contributed by atoms with E-state index >= 15 is 0 Å². The average molecular weight is 353 g/mol.